The fourth-order valence-electron chi connectivity index (χ4n) is 2.55. The van der Waals surface area contributed by atoms with Gasteiger partial charge in [0.15, 0.2) is 0 Å². The molecule has 0 aliphatic heterocycles. The van der Waals surface area contributed by atoms with E-state index in [-0.39, 0.29) is 6.61 Å². The Kier molecular flexibility index (Phi) is 4.68. The van der Waals surface area contributed by atoms with Crippen molar-refractivity contribution in [2.45, 2.75) is 26.5 Å². The zero-order valence-corrected chi connectivity index (χ0v) is 14.7. The molecule has 0 spiro atoms. The maximum atomic E-state index is 10.2. The molecule has 0 aliphatic rings. The molecule has 120 valence electrons. The number of aromatic nitrogens is 2. The average Bonchev–Trinajstić information content (AvgIpc) is 2.80. The number of hydrogen-bond acceptors (Lipinski definition) is 3. The molecule has 2 aromatic carbocycles. The fourth-order valence-corrected chi connectivity index (χ4v) is 2.84. The van der Waals surface area contributed by atoms with E-state index in [1.165, 1.54) is 5.39 Å². The van der Waals surface area contributed by atoms with Crippen molar-refractivity contribution in [3.05, 3.63) is 58.3 Å². The molecular formula is C18H19BrN2O2. The lowest BCUT2D eigenvalue weighted by molar-refractivity contribution is 0.0887. The highest BCUT2D eigenvalue weighted by molar-refractivity contribution is 9.10. The highest BCUT2D eigenvalue weighted by Crippen LogP contribution is 2.22. The van der Waals surface area contributed by atoms with Gasteiger partial charge in [0, 0.05) is 5.69 Å². The second-order valence-electron chi connectivity index (χ2n) is 5.64. The molecule has 23 heavy (non-hydrogen) atoms. The standard InChI is InChI=1S/C18H19BrN2O2/c1-12-18(19)13(2)21(20-12)10-16(22)11-23-17-8-7-14-5-3-4-6-15(14)9-17/h3-9,16,22H,10-11H2,1-2H3/t16-/m0/s1. The van der Waals surface area contributed by atoms with Gasteiger partial charge in [0.05, 0.1) is 16.7 Å². The highest BCUT2D eigenvalue weighted by atomic mass is 79.9. The van der Waals surface area contributed by atoms with Crippen LogP contribution < -0.4 is 4.74 Å². The average molecular weight is 375 g/mol. The molecule has 1 atom stereocenters. The van der Waals surface area contributed by atoms with Gasteiger partial charge in [-0.25, -0.2) is 0 Å². The zero-order chi connectivity index (χ0) is 16.4. The molecule has 0 unspecified atom stereocenters. The van der Waals surface area contributed by atoms with Crippen molar-refractivity contribution in [3.8, 4) is 5.75 Å². The summed E-state index contributed by atoms with van der Waals surface area (Å²) in [5.74, 6) is 0.761. The van der Waals surface area contributed by atoms with Crippen LogP contribution in [0, 0.1) is 13.8 Å². The fraction of sp³-hybridized carbons (Fsp3) is 0.278. The van der Waals surface area contributed by atoms with E-state index in [0.717, 1.165) is 27.0 Å². The van der Waals surface area contributed by atoms with Gasteiger partial charge in [0.25, 0.3) is 0 Å². The van der Waals surface area contributed by atoms with Gasteiger partial charge in [-0.2, -0.15) is 5.10 Å². The van der Waals surface area contributed by atoms with Crippen LogP contribution in [0.4, 0.5) is 0 Å². The van der Waals surface area contributed by atoms with E-state index in [0.29, 0.717) is 6.54 Å². The Balaban J connectivity index is 1.63. The minimum atomic E-state index is -0.619. The van der Waals surface area contributed by atoms with E-state index in [1.807, 2.05) is 50.2 Å². The number of benzene rings is 2. The number of fused-ring (bicyclic) bond motifs is 1. The molecule has 0 bridgehead atoms. The first-order valence-corrected chi connectivity index (χ1v) is 8.33. The molecular weight excluding hydrogens is 356 g/mol. The minimum absolute atomic E-state index is 0.230. The lowest BCUT2D eigenvalue weighted by atomic mass is 10.1. The molecule has 0 fully saturated rings. The summed E-state index contributed by atoms with van der Waals surface area (Å²) < 4.78 is 8.51. The Morgan fingerprint density at radius 1 is 1.17 bits per heavy atom. The monoisotopic (exact) mass is 374 g/mol. The van der Waals surface area contributed by atoms with Gasteiger partial charge in [-0.3, -0.25) is 4.68 Å². The number of aryl methyl sites for hydroxylation is 1. The first-order chi connectivity index (χ1) is 11.0. The third-order valence-corrected chi connectivity index (χ3v) is 4.99. The van der Waals surface area contributed by atoms with Crippen molar-refractivity contribution in [1.29, 1.82) is 0 Å². The Hall–Kier alpha value is -1.85. The van der Waals surface area contributed by atoms with E-state index in [1.54, 1.807) is 4.68 Å². The molecule has 0 saturated carbocycles. The molecule has 0 radical (unpaired) electrons. The first-order valence-electron chi connectivity index (χ1n) is 7.54. The van der Waals surface area contributed by atoms with Crippen LogP contribution in [0.3, 0.4) is 0 Å². The van der Waals surface area contributed by atoms with Gasteiger partial charge in [-0.15, -0.1) is 0 Å². The Morgan fingerprint density at radius 3 is 2.61 bits per heavy atom. The van der Waals surface area contributed by atoms with Crippen LogP contribution in [-0.2, 0) is 6.54 Å². The van der Waals surface area contributed by atoms with Crippen LogP contribution >= 0.6 is 15.9 Å². The summed E-state index contributed by atoms with van der Waals surface area (Å²) >= 11 is 3.49. The summed E-state index contributed by atoms with van der Waals surface area (Å²) in [6, 6.07) is 14.1. The van der Waals surface area contributed by atoms with Gasteiger partial charge in [-0.05, 0) is 52.7 Å². The molecule has 3 aromatic rings. The van der Waals surface area contributed by atoms with Gasteiger partial charge >= 0.3 is 0 Å². The largest absolute Gasteiger partial charge is 0.491 e. The van der Waals surface area contributed by atoms with E-state index in [2.05, 4.69) is 27.1 Å². The van der Waals surface area contributed by atoms with Crippen molar-refractivity contribution in [1.82, 2.24) is 9.78 Å². The number of hydrogen-bond donors (Lipinski definition) is 1. The minimum Gasteiger partial charge on any atom is -0.491 e. The van der Waals surface area contributed by atoms with Gasteiger partial charge in [0.2, 0.25) is 0 Å². The third-order valence-electron chi connectivity index (χ3n) is 3.84. The number of nitrogens with zero attached hydrogens (tertiary/aromatic N) is 2. The molecule has 0 amide bonds. The quantitative estimate of drug-likeness (QED) is 0.737. The van der Waals surface area contributed by atoms with Crippen molar-refractivity contribution < 1.29 is 9.84 Å². The van der Waals surface area contributed by atoms with Gasteiger partial charge in [-0.1, -0.05) is 30.3 Å². The van der Waals surface area contributed by atoms with Crippen LogP contribution in [0.2, 0.25) is 0 Å². The van der Waals surface area contributed by atoms with Crippen molar-refractivity contribution in [3.63, 3.8) is 0 Å². The van der Waals surface area contributed by atoms with Crippen molar-refractivity contribution in [2.75, 3.05) is 6.61 Å². The molecule has 0 saturated heterocycles. The van der Waals surface area contributed by atoms with E-state index in [9.17, 15) is 5.11 Å². The van der Waals surface area contributed by atoms with Gasteiger partial charge in [0.1, 0.15) is 18.5 Å². The second kappa shape index (κ2) is 6.72. The lowest BCUT2D eigenvalue weighted by Crippen LogP contribution is -2.24. The van der Waals surface area contributed by atoms with Crippen LogP contribution in [0.15, 0.2) is 46.9 Å². The second-order valence-corrected chi connectivity index (χ2v) is 6.43. The Morgan fingerprint density at radius 2 is 1.91 bits per heavy atom. The summed E-state index contributed by atoms with van der Waals surface area (Å²) in [5.41, 5.74) is 1.93. The predicted octanol–water partition coefficient (Wildman–Crippen LogP) is 3.86. The third kappa shape index (κ3) is 3.57. The number of ether oxygens (including phenoxy) is 1. The summed E-state index contributed by atoms with van der Waals surface area (Å²) in [6.07, 6.45) is -0.619. The Labute approximate surface area is 143 Å². The maximum absolute atomic E-state index is 10.2. The Bertz CT molecular complexity index is 829. The number of halogens is 1. The smallest absolute Gasteiger partial charge is 0.120 e. The predicted molar refractivity (Wildman–Crippen MR) is 94.9 cm³/mol. The van der Waals surface area contributed by atoms with Crippen molar-refractivity contribution >= 4 is 26.7 Å². The van der Waals surface area contributed by atoms with E-state index < -0.39 is 6.10 Å². The van der Waals surface area contributed by atoms with E-state index in [4.69, 9.17) is 4.74 Å². The molecule has 1 heterocycles. The molecule has 4 nitrogen and oxygen atoms in total. The number of aliphatic hydroxyl groups excluding tert-OH is 1. The number of aliphatic hydroxyl groups is 1. The summed E-state index contributed by atoms with van der Waals surface area (Å²) in [5, 5.41) is 16.9. The SMILES string of the molecule is Cc1nn(C[C@H](O)COc2ccc3ccccc3c2)c(C)c1Br. The topological polar surface area (TPSA) is 47.3 Å². The normalized spacial score (nSPS) is 12.5. The summed E-state index contributed by atoms with van der Waals surface area (Å²) in [6.45, 7) is 4.55. The molecule has 1 aromatic heterocycles. The van der Waals surface area contributed by atoms with Crippen LogP contribution in [-0.4, -0.2) is 27.6 Å². The zero-order valence-electron chi connectivity index (χ0n) is 13.2. The van der Waals surface area contributed by atoms with Crippen LogP contribution in [0.1, 0.15) is 11.4 Å². The molecule has 3 rings (SSSR count). The summed E-state index contributed by atoms with van der Waals surface area (Å²) in [7, 11) is 0. The van der Waals surface area contributed by atoms with E-state index >= 15 is 0 Å². The summed E-state index contributed by atoms with van der Waals surface area (Å²) in [4.78, 5) is 0. The maximum Gasteiger partial charge on any atom is 0.120 e. The molecule has 0 aliphatic carbocycles. The molecule has 1 N–H and O–H groups in total. The first kappa shape index (κ1) is 16.0. The number of rotatable bonds is 5. The van der Waals surface area contributed by atoms with Crippen LogP contribution in [0.25, 0.3) is 10.8 Å². The van der Waals surface area contributed by atoms with Crippen LogP contribution in [0.5, 0.6) is 5.75 Å². The molecule has 5 heteroatoms. The lowest BCUT2D eigenvalue weighted by Gasteiger charge is -2.14. The highest BCUT2D eigenvalue weighted by Gasteiger charge is 2.13. The van der Waals surface area contributed by atoms with Gasteiger partial charge < -0.3 is 9.84 Å². The van der Waals surface area contributed by atoms with Crippen molar-refractivity contribution in [2.24, 2.45) is 0 Å².